The number of hydrogen-bond donors (Lipinski definition) is 2. The molecule has 1 amide bonds. The molecule has 1 aliphatic heterocycles. The Morgan fingerprint density at radius 1 is 1.11 bits per heavy atom. The lowest BCUT2D eigenvalue weighted by Gasteiger charge is -2.36. The fraction of sp³-hybridized carbons (Fsp3) is 0.190. The van der Waals surface area contributed by atoms with Gasteiger partial charge in [0.2, 0.25) is 5.82 Å². The zero-order chi connectivity index (χ0) is 18.8. The summed E-state index contributed by atoms with van der Waals surface area (Å²) in [4.78, 5) is 23.3. The lowest BCUT2D eigenvalue weighted by Crippen LogP contribution is -2.36. The third-order valence-electron chi connectivity index (χ3n) is 5.01. The Labute approximate surface area is 158 Å². The van der Waals surface area contributed by atoms with Crippen LogP contribution in [0.15, 0.2) is 60.7 Å². The number of benzene rings is 2. The van der Waals surface area contributed by atoms with Crippen LogP contribution in [0.3, 0.4) is 0 Å². The molecule has 0 fully saturated rings. The number of nitrogen functional groups attached to an aromatic ring is 1. The summed E-state index contributed by atoms with van der Waals surface area (Å²) < 4.78 is 0. The minimum absolute atomic E-state index is 0.0694. The van der Waals surface area contributed by atoms with Crippen LogP contribution < -0.4 is 16.2 Å². The van der Waals surface area contributed by atoms with Crippen LogP contribution in [0.4, 0.5) is 5.82 Å². The van der Waals surface area contributed by atoms with E-state index in [0.717, 1.165) is 24.3 Å². The SMILES string of the molecule is CC1c2ccccc2CCN1c1cc(-c2ccccc2)nc(C(=O)NN)n1. The van der Waals surface area contributed by atoms with Crippen molar-refractivity contribution in [1.29, 1.82) is 0 Å². The minimum atomic E-state index is -0.501. The van der Waals surface area contributed by atoms with Gasteiger partial charge in [0.05, 0.1) is 11.7 Å². The summed E-state index contributed by atoms with van der Waals surface area (Å²) in [7, 11) is 0. The maximum Gasteiger partial charge on any atom is 0.303 e. The highest BCUT2D eigenvalue weighted by Gasteiger charge is 2.26. The number of hydrazine groups is 1. The quantitative estimate of drug-likeness (QED) is 0.427. The minimum Gasteiger partial charge on any atom is -0.349 e. The molecule has 6 nitrogen and oxygen atoms in total. The van der Waals surface area contributed by atoms with Crippen molar-refractivity contribution in [2.45, 2.75) is 19.4 Å². The molecule has 2 aromatic carbocycles. The number of anilines is 1. The first-order chi connectivity index (χ1) is 13.2. The van der Waals surface area contributed by atoms with Crippen LogP contribution in [0.2, 0.25) is 0 Å². The number of carbonyl (C=O) groups is 1. The molecule has 1 aromatic heterocycles. The average Bonchev–Trinajstić information content (AvgIpc) is 2.74. The number of nitrogens with one attached hydrogen (secondary N) is 1. The Hall–Kier alpha value is -3.25. The summed E-state index contributed by atoms with van der Waals surface area (Å²) in [5.41, 5.74) is 6.41. The van der Waals surface area contributed by atoms with Crippen molar-refractivity contribution in [3.8, 4) is 11.3 Å². The highest BCUT2D eigenvalue weighted by molar-refractivity contribution is 5.91. The zero-order valence-electron chi connectivity index (χ0n) is 15.1. The lowest BCUT2D eigenvalue weighted by atomic mass is 9.93. The fourth-order valence-corrected chi connectivity index (χ4v) is 3.59. The third kappa shape index (κ3) is 3.27. The van der Waals surface area contributed by atoms with E-state index in [1.165, 1.54) is 11.1 Å². The van der Waals surface area contributed by atoms with Gasteiger partial charge in [0, 0.05) is 18.2 Å². The first-order valence-corrected chi connectivity index (χ1v) is 8.97. The second-order valence-corrected chi connectivity index (χ2v) is 6.59. The van der Waals surface area contributed by atoms with Crippen molar-refractivity contribution in [2.75, 3.05) is 11.4 Å². The maximum absolute atomic E-state index is 12.1. The van der Waals surface area contributed by atoms with Gasteiger partial charge in [-0.15, -0.1) is 0 Å². The number of amides is 1. The Morgan fingerprint density at radius 2 is 1.85 bits per heavy atom. The number of fused-ring (bicyclic) bond motifs is 1. The lowest BCUT2D eigenvalue weighted by molar-refractivity contribution is 0.0943. The van der Waals surface area contributed by atoms with Crippen molar-refractivity contribution in [1.82, 2.24) is 15.4 Å². The van der Waals surface area contributed by atoms with Gasteiger partial charge in [-0.1, -0.05) is 54.6 Å². The van der Waals surface area contributed by atoms with Crippen LogP contribution in [-0.4, -0.2) is 22.4 Å². The number of rotatable bonds is 3. The topological polar surface area (TPSA) is 84.1 Å². The molecule has 6 heteroatoms. The van der Waals surface area contributed by atoms with E-state index in [1.54, 1.807) is 0 Å². The standard InChI is InChI=1S/C21H21N5O/c1-14-17-10-6-5-7-15(17)11-12-26(14)19-13-18(16-8-3-2-4-9-16)23-20(24-19)21(27)25-22/h2-10,13-14H,11-12,22H2,1H3,(H,25,27). The molecule has 3 aromatic rings. The van der Waals surface area contributed by atoms with Gasteiger partial charge in [0.1, 0.15) is 5.82 Å². The Kier molecular flexibility index (Phi) is 4.56. The Bertz CT molecular complexity index is 973. The van der Waals surface area contributed by atoms with E-state index < -0.39 is 5.91 Å². The number of hydrogen-bond acceptors (Lipinski definition) is 5. The number of carbonyl (C=O) groups excluding carboxylic acids is 1. The van der Waals surface area contributed by atoms with Gasteiger partial charge in [0.15, 0.2) is 0 Å². The van der Waals surface area contributed by atoms with Gasteiger partial charge >= 0.3 is 5.91 Å². The van der Waals surface area contributed by atoms with Crippen molar-refractivity contribution in [3.05, 3.63) is 77.6 Å². The normalized spacial score (nSPS) is 15.9. The molecule has 136 valence electrons. The van der Waals surface area contributed by atoms with Crippen molar-refractivity contribution >= 4 is 11.7 Å². The van der Waals surface area contributed by atoms with Gasteiger partial charge in [0.25, 0.3) is 0 Å². The van der Waals surface area contributed by atoms with Crippen LogP contribution >= 0.6 is 0 Å². The third-order valence-corrected chi connectivity index (χ3v) is 5.01. The van der Waals surface area contributed by atoms with E-state index in [-0.39, 0.29) is 11.9 Å². The average molecular weight is 359 g/mol. The molecule has 1 atom stereocenters. The molecule has 0 bridgehead atoms. The van der Waals surface area contributed by atoms with E-state index in [4.69, 9.17) is 5.84 Å². The van der Waals surface area contributed by atoms with E-state index in [9.17, 15) is 4.79 Å². The monoisotopic (exact) mass is 359 g/mol. The summed E-state index contributed by atoms with van der Waals surface area (Å²) in [6, 6.07) is 20.3. The van der Waals surface area contributed by atoms with Crippen molar-refractivity contribution in [2.24, 2.45) is 5.84 Å². The highest BCUT2D eigenvalue weighted by atomic mass is 16.2. The Morgan fingerprint density at radius 3 is 2.63 bits per heavy atom. The van der Waals surface area contributed by atoms with Gasteiger partial charge in [-0.2, -0.15) is 0 Å². The molecule has 0 spiro atoms. The first-order valence-electron chi connectivity index (χ1n) is 8.97. The summed E-state index contributed by atoms with van der Waals surface area (Å²) in [6.45, 7) is 2.98. The van der Waals surface area contributed by atoms with Gasteiger partial charge in [-0.05, 0) is 24.5 Å². The molecule has 27 heavy (non-hydrogen) atoms. The first kappa shape index (κ1) is 17.2. The second kappa shape index (κ2) is 7.17. The molecular formula is C21H21N5O. The van der Waals surface area contributed by atoms with Gasteiger partial charge < -0.3 is 4.90 Å². The predicted molar refractivity (Wildman–Crippen MR) is 105 cm³/mol. The molecule has 4 rings (SSSR count). The molecule has 2 heterocycles. The van der Waals surface area contributed by atoms with E-state index >= 15 is 0 Å². The maximum atomic E-state index is 12.1. The number of nitrogens with two attached hydrogens (primary N) is 1. The molecule has 0 aliphatic carbocycles. The molecule has 0 saturated heterocycles. The van der Waals surface area contributed by atoms with E-state index in [1.807, 2.05) is 36.4 Å². The predicted octanol–water partition coefficient (Wildman–Crippen LogP) is 2.87. The van der Waals surface area contributed by atoms with Crippen LogP contribution in [0.1, 0.15) is 34.7 Å². The molecule has 1 unspecified atom stereocenters. The van der Waals surface area contributed by atoms with E-state index in [2.05, 4.69) is 51.5 Å². The van der Waals surface area contributed by atoms with Crippen LogP contribution in [0.25, 0.3) is 11.3 Å². The largest absolute Gasteiger partial charge is 0.349 e. The van der Waals surface area contributed by atoms with Gasteiger partial charge in [-0.3, -0.25) is 10.2 Å². The second-order valence-electron chi connectivity index (χ2n) is 6.59. The van der Waals surface area contributed by atoms with Crippen LogP contribution in [-0.2, 0) is 6.42 Å². The molecule has 0 saturated carbocycles. The van der Waals surface area contributed by atoms with Gasteiger partial charge in [-0.25, -0.2) is 15.8 Å². The molecular weight excluding hydrogens is 338 g/mol. The summed E-state index contributed by atoms with van der Waals surface area (Å²) >= 11 is 0. The number of aromatic nitrogens is 2. The zero-order valence-corrected chi connectivity index (χ0v) is 15.1. The van der Waals surface area contributed by atoms with Crippen molar-refractivity contribution < 1.29 is 4.79 Å². The van der Waals surface area contributed by atoms with Crippen LogP contribution in [0.5, 0.6) is 0 Å². The summed E-state index contributed by atoms with van der Waals surface area (Å²) in [6.07, 6.45) is 0.934. The summed E-state index contributed by atoms with van der Waals surface area (Å²) in [5, 5.41) is 0. The smallest absolute Gasteiger partial charge is 0.303 e. The Balaban J connectivity index is 1.79. The van der Waals surface area contributed by atoms with Crippen LogP contribution in [0, 0.1) is 0 Å². The molecule has 0 radical (unpaired) electrons. The molecule has 3 N–H and O–H groups in total. The number of nitrogens with zero attached hydrogens (tertiary/aromatic N) is 3. The van der Waals surface area contributed by atoms with E-state index in [0.29, 0.717) is 5.69 Å². The van der Waals surface area contributed by atoms with Crippen molar-refractivity contribution in [3.63, 3.8) is 0 Å². The molecule has 1 aliphatic rings. The highest BCUT2D eigenvalue weighted by Crippen LogP contribution is 2.33. The fourth-order valence-electron chi connectivity index (χ4n) is 3.59. The summed E-state index contributed by atoms with van der Waals surface area (Å²) in [5.74, 6) is 5.61.